The maximum Gasteiger partial charge on any atom is 0.408 e. The average Bonchev–Trinajstić information content (AvgIpc) is 2.64. The van der Waals surface area contributed by atoms with Crippen molar-refractivity contribution < 1.29 is 19.8 Å². The highest BCUT2D eigenvalue weighted by Crippen LogP contribution is 2.16. The van der Waals surface area contributed by atoms with Gasteiger partial charge >= 0.3 is 6.09 Å². The molecule has 0 spiro atoms. The number of hydrogen-bond acceptors (Lipinski definition) is 5. The average molecular weight is 386 g/mol. The third-order valence-corrected chi connectivity index (χ3v) is 4.22. The topological polar surface area (TPSA) is 82.0 Å². The number of ether oxygens (including phenoxy) is 1. The molecule has 0 aliphatic carbocycles. The molecule has 152 valence electrons. The van der Waals surface area contributed by atoms with Gasteiger partial charge in [0.05, 0.1) is 18.7 Å². The summed E-state index contributed by atoms with van der Waals surface area (Å²) in [6, 6.07) is 17.9. The number of hydroxylamine groups is 2. The number of amides is 1. The van der Waals surface area contributed by atoms with Gasteiger partial charge in [-0.15, -0.1) is 0 Å². The number of aliphatic hydroxyl groups excluding tert-OH is 1. The van der Waals surface area contributed by atoms with E-state index in [1.165, 1.54) is 5.06 Å². The maximum atomic E-state index is 12.2. The Morgan fingerprint density at radius 3 is 2.07 bits per heavy atom. The van der Waals surface area contributed by atoms with E-state index in [-0.39, 0.29) is 13.2 Å². The predicted molar refractivity (Wildman–Crippen MR) is 108 cm³/mol. The number of hydrogen-bond donors (Lipinski definition) is 3. The van der Waals surface area contributed by atoms with Crippen LogP contribution in [0.25, 0.3) is 0 Å². The normalized spacial score (nSPS) is 13.8. The fourth-order valence-electron chi connectivity index (χ4n) is 2.92. The van der Waals surface area contributed by atoms with Crippen molar-refractivity contribution >= 4 is 6.09 Å². The summed E-state index contributed by atoms with van der Waals surface area (Å²) >= 11 is 0. The van der Waals surface area contributed by atoms with Gasteiger partial charge in [0.2, 0.25) is 0 Å². The van der Waals surface area contributed by atoms with E-state index >= 15 is 0 Å². The van der Waals surface area contributed by atoms with Gasteiger partial charge in [0.1, 0.15) is 5.60 Å². The van der Waals surface area contributed by atoms with Crippen LogP contribution >= 0.6 is 0 Å². The number of aliphatic hydroxyl groups is 1. The molecule has 1 amide bonds. The highest BCUT2D eigenvalue weighted by Gasteiger charge is 2.30. The van der Waals surface area contributed by atoms with Crippen LogP contribution in [-0.4, -0.2) is 45.8 Å². The predicted octanol–water partition coefficient (Wildman–Crippen LogP) is 3.37. The fraction of sp³-hybridized carbons (Fsp3) is 0.409. The smallest absolute Gasteiger partial charge is 0.408 e. The van der Waals surface area contributed by atoms with Gasteiger partial charge in [0.15, 0.2) is 0 Å². The van der Waals surface area contributed by atoms with Crippen molar-refractivity contribution in [1.82, 2.24) is 10.4 Å². The van der Waals surface area contributed by atoms with E-state index in [0.29, 0.717) is 6.42 Å². The summed E-state index contributed by atoms with van der Waals surface area (Å²) in [4.78, 5) is 12.2. The van der Waals surface area contributed by atoms with Crippen molar-refractivity contribution in [2.45, 2.75) is 51.4 Å². The summed E-state index contributed by atoms with van der Waals surface area (Å²) in [7, 11) is 0. The number of nitrogens with one attached hydrogen (secondary N) is 1. The van der Waals surface area contributed by atoms with Crippen molar-refractivity contribution in [2.75, 3.05) is 6.61 Å². The van der Waals surface area contributed by atoms with E-state index in [1.54, 1.807) is 20.8 Å². The van der Waals surface area contributed by atoms with Gasteiger partial charge in [-0.05, 0) is 38.3 Å². The molecule has 6 nitrogen and oxygen atoms in total. The molecular weight excluding hydrogens is 356 g/mol. The van der Waals surface area contributed by atoms with E-state index in [2.05, 4.69) is 5.32 Å². The van der Waals surface area contributed by atoms with E-state index in [9.17, 15) is 15.1 Å². The summed E-state index contributed by atoms with van der Waals surface area (Å²) in [5.74, 6) is 0. The minimum absolute atomic E-state index is 0.269. The molecule has 0 bridgehead atoms. The molecule has 0 heterocycles. The van der Waals surface area contributed by atoms with Crippen LogP contribution < -0.4 is 5.32 Å². The van der Waals surface area contributed by atoms with Gasteiger partial charge in [0.25, 0.3) is 0 Å². The molecule has 0 aromatic heterocycles. The highest BCUT2D eigenvalue weighted by atomic mass is 16.6. The monoisotopic (exact) mass is 386 g/mol. The van der Waals surface area contributed by atoms with Gasteiger partial charge in [-0.1, -0.05) is 60.7 Å². The maximum absolute atomic E-state index is 12.2. The van der Waals surface area contributed by atoms with Gasteiger partial charge in [0, 0.05) is 6.54 Å². The molecule has 0 unspecified atom stereocenters. The van der Waals surface area contributed by atoms with Crippen molar-refractivity contribution in [3.05, 3.63) is 71.8 Å². The summed E-state index contributed by atoms with van der Waals surface area (Å²) in [6.07, 6.45) is -0.178. The van der Waals surface area contributed by atoms with Gasteiger partial charge in [-0.25, -0.2) is 4.79 Å². The molecule has 2 atom stereocenters. The molecule has 0 saturated heterocycles. The summed E-state index contributed by atoms with van der Waals surface area (Å²) in [5.41, 5.74) is 1.27. The van der Waals surface area contributed by atoms with Crippen molar-refractivity contribution in [3.8, 4) is 0 Å². The third-order valence-electron chi connectivity index (χ3n) is 4.22. The van der Waals surface area contributed by atoms with Gasteiger partial charge in [-0.3, -0.25) is 0 Å². The molecule has 2 rings (SSSR count). The molecule has 2 aromatic carbocycles. The summed E-state index contributed by atoms with van der Waals surface area (Å²) < 4.78 is 5.31. The minimum atomic E-state index is -0.705. The Hall–Kier alpha value is -2.41. The first-order valence-corrected chi connectivity index (χ1v) is 9.42. The van der Waals surface area contributed by atoms with Crippen LogP contribution in [0.1, 0.15) is 31.9 Å². The first kappa shape index (κ1) is 21.9. The van der Waals surface area contributed by atoms with Crippen LogP contribution in [-0.2, 0) is 17.7 Å². The van der Waals surface area contributed by atoms with Crippen LogP contribution in [0.2, 0.25) is 0 Å². The SMILES string of the molecule is CC(C)(C)OC(=O)N[C@@H](CO)[C@@H](Cc1ccccc1)N(O)Cc1ccccc1. The lowest BCUT2D eigenvalue weighted by Gasteiger charge is -2.33. The number of benzene rings is 2. The second-order valence-electron chi connectivity index (χ2n) is 7.78. The van der Waals surface area contributed by atoms with Crippen LogP contribution in [0, 0.1) is 0 Å². The van der Waals surface area contributed by atoms with Crippen molar-refractivity contribution in [2.24, 2.45) is 0 Å². The second-order valence-corrected chi connectivity index (χ2v) is 7.78. The lowest BCUT2D eigenvalue weighted by atomic mass is 9.99. The number of carbonyl (C=O) groups is 1. The van der Waals surface area contributed by atoms with Crippen molar-refractivity contribution in [1.29, 1.82) is 0 Å². The minimum Gasteiger partial charge on any atom is -0.444 e. The zero-order valence-corrected chi connectivity index (χ0v) is 16.7. The Balaban J connectivity index is 2.18. The number of rotatable bonds is 8. The van der Waals surface area contributed by atoms with E-state index in [4.69, 9.17) is 4.74 Å². The Morgan fingerprint density at radius 1 is 1.04 bits per heavy atom. The van der Waals surface area contributed by atoms with Crippen molar-refractivity contribution in [3.63, 3.8) is 0 Å². The lowest BCUT2D eigenvalue weighted by Crippen LogP contribution is -2.54. The molecule has 0 fully saturated rings. The first-order valence-electron chi connectivity index (χ1n) is 9.42. The molecule has 28 heavy (non-hydrogen) atoms. The van der Waals surface area contributed by atoms with E-state index in [0.717, 1.165) is 11.1 Å². The van der Waals surface area contributed by atoms with Gasteiger partial charge < -0.3 is 20.4 Å². The van der Waals surface area contributed by atoms with Crippen LogP contribution in [0.5, 0.6) is 0 Å². The summed E-state index contributed by atoms with van der Waals surface area (Å²) in [6.45, 7) is 5.26. The second kappa shape index (κ2) is 10.2. The molecule has 6 heteroatoms. The molecule has 0 aliphatic heterocycles. The quantitative estimate of drug-likeness (QED) is 0.606. The molecule has 3 N–H and O–H groups in total. The Morgan fingerprint density at radius 2 is 1.57 bits per heavy atom. The number of alkyl carbamates (subject to hydrolysis) is 1. The van der Waals surface area contributed by atoms with Crippen LogP contribution in [0.3, 0.4) is 0 Å². The number of nitrogens with zero attached hydrogens (tertiary/aromatic N) is 1. The zero-order chi connectivity index (χ0) is 20.6. The number of carbonyl (C=O) groups excluding carboxylic acids is 1. The Labute approximate surface area is 166 Å². The summed E-state index contributed by atoms with van der Waals surface area (Å²) in [5, 5.41) is 24.6. The molecule has 0 saturated carbocycles. The fourth-order valence-corrected chi connectivity index (χ4v) is 2.92. The van der Waals surface area contributed by atoms with Gasteiger partial charge in [-0.2, -0.15) is 5.06 Å². The molecule has 0 aliphatic rings. The van der Waals surface area contributed by atoms with E-state index in [1.807, 2.05) is 60.7 Å². The van der Waals surface area contributed by atoms with Crippen LogP contribution in [0.15, 0.2) is 60.7 Å². The first-order chi connectivity index (χ1) is 13.3. The Kier molecular flexibility index (Phi) is 7.99. The molecular formula is C22H30N2O4. The largest absolute Gasteiger partial charge is 0.444 e. The zero-order valence-electron chi connectivity index (χ0n) is 16.7. The van der Waals surface area contributed by atoms with Crippen LogP contribution in [0.4, 0.5) is 4.79 Å². The Bertz CT molecular complexity index is 716. The lowest BCUT2D eigenvalue weighted by molar-refractivity contribution is -0.146. The standard InChI is InChI=1S/C22H30N2O4/c1-22(2,3)28-21(26)23-19(16-25)20(14-17-10-6-4-7-11-17)24(27)15-18-12-8-5-9-13-18/h4-13,19-20,25,27H,14-16H2,1-3H3,(H,23,26)/t19-,20+/m0/s1. The van der Waals surface area contributed by atoms with E-state index < -0.39 is 23.8 Å². The molecule has 2 aromatic rings. The molecule has 0 radical (unpaired) electrons. The highest BCUT2D eigenvalue weighted by molar-refractivity contribution is 5.68. The third kappa shape index (κ3) is 7.31.